The number of allylic oxidation sites excluding steroid dienone is 3. The van der Waals surface area contributed by atoms with E-state index in [-0.39, 0.29) is 0 Å². The molecule has 24 heavy (non-hydrogen) atoms. The molecule has 2 N–H and O–H groups in total. The van der Waals surface area contributed by atoms with Crippen molar-refractivity contribution in [3.8, 4) is 0 Å². The second-order valence-corrected chi connectivity index (χ2v) is 7.29. The molecule has 1 aromatic heterocycles. The van der Waals surface area contributed by atoms with Gasteiger partial charge in [0.15, 0.2) is 0 Å². The van der Waals surface area contributed by atoms with Gasteiger partial charge in [0.25, 0.3) is 0 Å². The van der Waals surface area contributed by atoms with Crippen molar-refractivity contribution >= 4 is 5.57 Å². The van der Waals surface area contributed by atoms with Crippen LogP contribution in [0.5, 0.6) is 0 Å². The van der Waals surface area contributed by atoms with Crippen LogP contribution in [0.25, 0.3) is 5.57 Å². The topological polar surface area (TPSA) is 40.2 Å². The first-order valence-electron chi connectivity index (χ1n) is 9.22. The Balaban J connectivity index is 1.49. The highest BCUT2D eigenvalue weighted by Crippen LogP contribution is 2.40. The zero-order valence-electron chi connectivity index (χ0n) is 14.0. The number of hydrogen-bond donors (Lipinski definition) is 2. The van der Waals surface area contributed by atoms with E-state index in [1.807, 2.05) is 0 Å². The Labute approximate surface area is 143 Å². The van der Waals surface area contributed by atoms with Crippen molar-refractivity contribution in [3.05, 3.63) is 59.2 Å². The molecule has 1 saturated heterocycles. The first-order chi connectivity index (χ1) is 11.9. The molecule has 4 heteroatoms. The van der Waals surface area contributed by atoms with E-state index in [9.17, 15) is 0 Å². The summed E-state index contributed by atoms with van der Waals surface area (Å²) in [5, 5.41) is 5.65. The van der Waals surface area contributed by atoms with Crippen molar-refractivity contribution in [2.24, 2.45) is 5.92 Å². The Bertz CT molecular complexity index is 736. The number of nitrogens with one attached hydrogen (secondary N) is 2. The van der Waals surface area contributed by atoms with E-state index >= 15 is 0 Å². The molecule has 1 atom stereocenters. The minimum absolute atomic E-state index is 0.554. The number of rotatable bonds is 3. The quantitative estimate of drug-likeness (QED) is 0.898. The molecule has 3 aliphatic heterocycles. The number of pyridine rings is 1. The van der Waals surface area contributed by atoms with Gasteiger partial charge in [-0.05, 0) is 68.0 Å². The molecule has 4 heterocycles. The second kappa shape index (κ2) is 5.87. The largest absolute Gasteiger partial charge is 0.316 e. The Kier molecular flexibility index (Phi) is 3.53. The second-order valence-electron chi connectivity index (χ2n) is 7.29. The highest BCUT2D eigenvalue weighted by molar-refractivity contribution is 5.72. The summed E-state index contributed by atoms with van der Waals surface area (Å²) in [7, 11) is 0. The third-order valence-electron chi connectivity index (χ3n) is 5.56. The van der Waals surface area contributed by atoms with Crippen molar-refractivity contribution in [1.82, 2.24) is 20.7 Å². The summed E-state index contributed by atoms with van der Waals surface area (Å²) in [6.07, 6.45) is 12.0. The smallest absolute Gasteiger partial charge is 0.0700 e. The Morgan fingerprint density at radius 1 is 1.12 bits per heavy atom. The third-order valence-corrected chi connectivity index (χ3v) is 5.56. The predicted octanol–water partition coefficient (Wildman–Crippen LogP) is 2.94. The van der Waals surface area contributed by atoms with Crippen LogP contribution < -0.4 is 10.7 Å². The van der Waals surface area contributed by atoms with Crippen molar-refractivity contribution in [3.63, 3.8) is 0 Å². The monoisotopic (exact) mass is 320 g/mol. The van der Waals surface area contributed by atoms with E-state index in [2.05, 4.69) is 52.3 Å². The SMILES string of the molecule is C1=CN2NCC(c3cccc(C4CCCNC4)n3)=C2C=C1C1CC1. The summed E-state index contributed by atoms with van der Waals surface area (Å²) in [6, 6.07) is 6.53. The first-order valence-corrected chi connectivity index (χ1v) is 9.22. The molecule has 4 aliphatic rings. The van der Waals surface area contributed by atoms with Gasteiger partial charge in [0.1, 0.15) is 0 Å². The lowest BCUT2D eigenvalue weighted by atomic mass is 9.95. The minimum atomic E-state index is 0.554. The highest BCUT2D eigenvalue weighted by Gasteiger charge is 2.30. The van der Waals surface area contributed by atoms with Crippen LogP contribution in [0.1, 0.15) is 43.0 Å². The Hall–Kier alpha value is -1.91. The standard InChI is InChI=1S/C20H24N4/c1-4-18(16-3-2-9-21-12-16)23-19(5-1)17-13-22-24-10-8-15(11-20(17)24)14-6-7-14/h1,4-5,8,10-11,14,16,21-22H,2-3,6-7,9,12-13H2. The summed E-state index contributed by atoms with van der Waals surface area (Å²) < 4.78 is 0. The van der Waals surface area contributed by atoms with Gasteiger partial charge in [-0.15, -0.1) is 0 Å². The fourth-order valence-electron chi connectivity index (χ4n) is 3.99. The molecule has 0 bridgehead atoms. The van der Waals surface area contributed by atoms with Gasteiger partial charge in [0, 0.05) is 36.5 Å². The summed E-state index contributed by atoms with van der Waals surface area (Å²) in [6.45, 7) is 3.06. The van der Waals surface area contributed by atoms with Gasteiger partial charge in [0.05, 0.1) is 11.4 Å². The highest BCUT2D eigenvalue weighted by atomic mass is 15.5. The van der Waals surface area contributed by atoms with Crippen LogP contribution in [0, 0.1) is 5.92 Å². The minimum Gasteiger partial charge on any atom is -0.316 e. The normalized spacial score (nSPS) is 26.6. The Morgan fingerprint density at radius 3 is 2.92 bits per heavy atom. The number of aromatic nitrogens is 1. The summed E-state index contributed by atoms with van der Waals surface area (Å²) in [4.78, 5) is 5.04. The maximum atomic E-state index is 5.04. The number of hydrazine groups is 1. The van der Waals surface area contributed by atoms with E-state index < -0.39 is 0 Å². The average molecular weight is 320 g/mol. The van der Waals surface area contributed by atoms with Crippen LogP contribution in [0.3, 0.4) is 0 Å². The number of nitrogens with zero attached hydrogens (tertiary/aromatic N) is 2. The van der Waals surface area contributed by atoms with Crippen molar-refractivity contribution in [1.29, 1.82) is 0 Å². The van der Waals surface area contributed by atoms with Crippen LogP contribution in [-0.2, 0) is 0 Å². The molecule has 1 aliphatic carbocycles. The molecule has 0 radical (unpaired) electrons. The number of hydrogen-bond acceptors (Lipinski definition) is 4. The molecule has 124 valence electrons. The lowest BCUT2D eigenvalue weighted by Gasteiger charge is -2.23. The fraction of sp³-hybridized carbons (Fsp3) is 0.450. The van der Waals surface area contributed by atoms with Gasteiger partial charge in [-0.3, -0.25) is 9.99 Å². The van der Waals surface area contributed by atoms with Crippen molar-refractivity contribution < 1.29 is 0 Å². The zero-order valence-corrected chi connectivity index (χ0v) is 14.0. The van der Waals surface area contributed by atoms with Gasteiger partial charge < -0.3 is 5.32 Å². The zero-order chi connectivity index (χ0) is 15.9. The van der Waals surface area contributed by atoms with E-state index in [4.69, 9.17) is 4.98 Å². The van der Waals surface area contributed by atoms with E-state index in [0.29, 0.717) is 5.92 Å². The van der Waals surface area contributed by atoms with E-state index in [1.54, 1.807) is 0 Å². The molecule has 0 spiro atoms. The van der Waals surface area contributed by atoms with Gasteiger partial charge in [0.2, 0.25) is 0 Å². The van der Waals surface area contributed by atoms with E-state index in [1.165, 1.54) is 48.2 Å². The molecule has 1 saturated carbocycles. The third kappa shape index (κ3) is 2.60. The van der Waals surface area contributed by atoms with Gasteiger partial charge in [-0.25, -0.2) is 5.43 Å². The van der Waals surface area contributed by atoms with Crippen LogP contribution in [0.15, 0.2) is 47.8 Å². The molecule has 2 fully saturated rings. The lowest BCUT2D eigenvalue weighted by molar-refractivity contribution is 0.394. The van der Waals surface area contributed by atoms with Crippen molar-refractivity contribution in [2.75, 3.05) is 19.6 Å². The molecular weight excluding hydrogens is 296 g/mol. The molecular formula is C20H24N4. The molecule has 4 nitrogen and oxygen atoms in total. The van der Waals surface area contributed by atoms with Gasteiger partial charge in [-0.2, -0.15) is 0 Å². The molecule has 1 unspecified atom stereocenters. The van der Waals surface area contributed by atoms with E-state index in [0.717, 1.165) is 31.2 Å². The maximum absolute atomic E-state index is 5.04. The number of fused-ring (bicyclic) bond motifs is 1. The summed E-state index contributed by atoms with van der Waals surface area (Å²) in [5.41, 5.74) is 9.92. The average Bonchev–Trinajstić information content (AvgIpc) is 3.42. The van der Waals surface area contributed by atoms with Gasteiger partial charge >= 0.3 is 0 Å². The van der Waals surface area contributed by atoms with Gasteiger partial charge in [-0.1, -0.05) is 6.07 Å². The molecule has 1 aromatic rings. The summed E-state index contributed by atoms with van der Waals surface area (Å²) in [5.74, 6) is 1.34. The Morgan fingerprint density at radius 2 is 2.08 bits per heavy atom. The molecule has 5 rings (SSSR count). The fourth-order valence-corrected chi connectivity index (χ4v) is 3.99. The predicted molar refractivity (Wildman–Crippen MR) is 95.8 cm³/mol. The molecule has 0 amide bonds. The lowest BCUT2D eigenvalue weighted by Crippen LogP contribution is -2.28. The van der Waals surface area contributed by atoms with Crippen LogP contribution in [-0.4, -0.2) is 29.6 Å². The number of piperidine rings is 1. The summed E-state index contributed by atoms with van der Waals surface area (Å²) >= 11 is 0. The van der Waals surface area contributed by atoms with Crippen LogP contribution in [0.2, 0.25) is 0 Å². The van der Waals surface area contributed by atoms with Crippen LogP contribution in [0.4, 0.5) is 0 Å². The maximum Gasteiger partial charge on any atom is 0.0700 e. The molecule has 0 aromatic carbocycles. The first kappa shape index (κ1) is 14.4. The van der Waals surface area contributed by atoms with Crippen molar-refractivity contribution in [2.45, 2.75) is 31.6 Å². The van der Waals surface area contributed by atoms with Crippen LogP contribution >= 0.6 is 0 Å².